The van der Waals surface area contributed by atoms with Crippen molar-refractivity contribution in [1.82, 2.24) is 15.0 Å². The molecule has 19 heavy (non-hydrogen) atoms. The van der Waals surface area contributed by atoms with Gasteiger partial charge in [0, 0.05) is 6.42 Å². The van der Waals surface area contributed by atoms with Gasteiger partial charge in [0.15, 0.2) is 6.29 Å². The summed E-state index contributed by atoms with van der Waals surface area (Å²) < 4.78 is 5.45. The van der Waals surface area contributed by atoms with Crippen molar-refractivity contribution in [3.05, 3.63) is 34.4 Å². The van der Waals surface area contributed by atoms with E-state index in [9.17, 15) is 4.79 Å². The summed E-state index contributed by atoms with van der Waals surface area (Å²) in [6, 6.07) is 0. The second-order valence-corrected chi connectivity index (χ2v) is 4.23. The summed E-state index contributed by atoms with van der Waals surface area (Å²) in [5.74, 6) is 2.20. The zero-order chi connectivity index (χ0) is 13.8. The number of aryl methyl sites for hydroxylation is 2. The maximum Gasteiger partial charge on any atom is 0.213 e. The van der Waals surface area contributed by atoms with Crippen molar-refractivity contribution in [2.75, 3.05) is 5.32 Å². The molecule has 2 heterocycles. The van der Waals surface area contributed by atoms with Gasteiger partial charge in [-0.25, -0.2) is 15.0 Å². The standard InChI is InChI=1S/C12H13ClN4O2/c1-3-8-4-14-10(19-8)5-15-12-9(6-18)11(13)16-7(2)17-12/h4,6H,3,5H2,1-2H3,(H,15,16,17). The van der Waals surface area contributed by atoms with Gasteiger partial charge in [0.25, 0.3) is 0 Å². The molecule has 2 rings (SSSR count). The first-order chi connectivity index (χ1) is 9.13. The van der Waals surface area contributed by atoms with Gasteiger partial charge < -0.3 is 9.73 Å². The van der Waals surface area contributed by atoms with E-state index in [-0.39, 0.29) is 10.7 Å². The molecule has 100 valence electrons. The Morgan fingerprint density at radius 1 is 1.47 bits per heavy atom. The summed E-state index contributed by atoms with van der Waals surface area (Å²) in [6.07, 6.45) is 3.08. The maximum absolute atomic E-state index is 11.0. The molecule has 0 bridgehead atoms. The first-order valence-corrected chi connectivity index (χ1v) is 6.18. The lowest BCUT2D eigenvalue weighted by atomic mass is 10.3. The van der Waals surface area contributed by atoms with E-state index >= 15 is 0 Å². The van der Waals surface area contributed by atoms with Crippen molar-refractivity contribution >= 4 is 23.7 Å². The number of halogens is 1. The Kier molecular flexibility index (Phi) is 4.11. The van der Waals surface area contributed by atoms with Gasteiger partial charge in [-0.15, -0.1) is 0 Å². The van der Waals surface area contributed by atoms with Crippen LogP contribution in [0.4, 0.5) is 5.82 Å². The third-order valence-corrected chi connectivity index (χ3v) is 2.77. The minimum atomic E-state index is 0.131. The average molecular weight is 281 g/mol. The zero-order valence-corrected chi connectivity index (χ0v) is 11.4. The Bertz CT molecular complexity index is 597. The number of nitrogens with one attached hydrogen (secondary N) is 1. The van der Waals surface area contributed by atoms with Crippen LogP contribution in [0, 0.1) is 6.92 Å². The van der Waals surface area contributed by atoms with Crippen LogP contribution in [0.25, 0.3) is 0 Å². The quantitative estimate of drug-likeness (QED) is 0.669. The highest BCUT2D eigenvalue weighted by atomic mass is 35.5. The number of anilines is 1. The molecule has 0 aliphatic heterocycles. The molecule has 0 spiro atoms. The van der Waals surface area contributed by atoms with Crippen molar-refractivity contribution in [3.63, 3.8) is 0 Å². The highest BCUT2D eigenvalue weighted by Gasteiger charge is 2.11. The molecule has 0 aromatic carbocycles. The van der Waals surface area contributed by atoms with Crippen LogP contribution in [0.1, 0.15) is 34.8 Å². The number of aromatic nitrogens is 3. The fraction of sp³-hybridized carbons (Fsp3) is 0.333. The summed E-state index contributed by atoms with van der Waals surface area (Å²) in [4.78, 5) is 23.1. The molecule has 0 aliphatic rings. The van der Waals surface area contributed by atoms with Gasteiger partial charge >= 0.3 is 0 Å². The minimum Gasteiger partial charge on any atom is -0.444 e. The Morgan fingerprint density at radius 2 is 2.26 bits per heavy atom. The number of carbonyl (C=O) groups is 1. The van der Waals surface area contributed by atoms with E-state index in [1.165, 1.54) is 0 Å². The van der Waals surface area contributed by atoms with E-state index in [1.807, 2.05) is 6.92 Å². The summed E-state index contributed by atoms with van der Waals surface area (Å²) in [5.41, 5.74) is 0.231. The average Bonchev–Trinajstić information content (AvgIpc) is 2.83. The second kappa shape index (κ2) is 5.79. The van der Waals surface area contributed by atoms with E-state index in [2.05, 4.69) is 20.3 Å². The molecule has 0 aliphatic carbocycles. The van der Waals surface area contributed by atoms with Crippen LogP contribution >= 0.6 is 11.6 Å². The highest BCUT2D eigenvalue weighted by Crippen LogP contribution is 2.19. The third-order valence-electron chi connectivity index (χ3n) is 2.49. The fourth-order valence-corrected chi connectivity index (χ4v) is 1.80. The van der Waals surface area contributed by atoms with E-state index in [1.54, 1.807) is 13.1 Å². The fourth-order valence-electron chi connectivity index (χ4n) is 1.54. The van der Waals surface area contributed by atoms with Gasteiger partial charge in [-0.3, -0.25) is 4.79 Å². The number of oxazole rings is 1. The van der Waals surface area contributed by atoms with Gasteiger partial charge in [-0.05, 0) is 6.92 Å². The molecule has 0 amide bonds. The molecule has 2 aromatic heterocycles. The number of nitrogens with zero attached hydrogens (tertiary/aromatic N) is 3. The van der Waals surface area contributed by atoms with Crippen LogP contribution < -0.4 is 5.32 Å². The molecular formula is C12H13ClN4O2. The van der Waals surface area contributed by atoms with Crippen LogP contribution in [-0.4, -0.2) is 21.2 Å². The van der Waals surface area contributed by atoms with Crippen molar-refractivity contribution in [2.24, 2.45) is 0 Å². The largest absolute Gasteiger partial charge is 0.444 e. The van der Waals surface area contributed by atoms with Crippen molar-refractivity contribution in [2.45, 2.75) is 26.8 Å². The highest BCUT2D eigenvalue weighted by molar-refractivity contribution is 6.32. The summed E-state index contributed by atoms with van der Waals surface area (Å²) in [6.45, 7) is 4.01. The van der Waals surface area contributed by atoms with Gasteiger partial charge in [0.2, 0.25) is 5.89 Å². The lowest BCUT2D eigenvalue weighted by Crippen LogP contribution is -2.07. The SMILES string of the molecule is CCc1cnc(CNc2nc(C)nc(Cl)c2C=O)o1. The molecule has 1 N–H and O–H groups in total. The Balaban J connectivity index is 2.16. The van der Waals surface area contributed by atoms with E-state index in [0.29, 0.717) is 30.4 Å². The normalized spacial score (nSPS) is 10.5. The molecule has 0 saturated carbocycles. The van der Waals surface area contributed by atoms with Gasteiger partial charge in [-0.2, -0.15) is 0 Å². The van der Waals surface area contributed by atoms with Crippen molar-refractivity contribution in [3.8, 4) is 0 Å². The van der Waals surface area contributed by atoms with Crippen molar-refractivity contribution < 1.29 is 9.21 Å². The number of rotatable bonds is 5. The number of hydrogen-bond donors (Lipinski definition) is 1. The minimum absolute atomic E-state index is 0.131. The molecule has 0 unspecified atom stereocenters. The van der Waals surface area contributed by atoms with Crippen molar-refractivity contribution in [1.29, 1.82) is 0 Å². The van der Waals surface area contributed by atoms with Gasteiger partial charge in [0.1, 0.15) is 22.6 Å². The van der Waals surface area contributed by atoms with E-state index in [4.69, 9.17) is 16.0 Å². The number of carbonyl (C=O) groups excluding carboxylic acids is 1. The third kappa shape index (κ3) is 3.08. The van der Waals surface area contributed by atoms with Gasteiger partial charge in [-0.1, -0.05) is 18.5 Å². The molecule has 6 nitrogen and oxygen atoms in total. The molecule has 0 fully saturated rings. The lowest BCUT2D eigenvalue weighted by Gasteiger charge is -2.07. The Hall–Kier alpha value is -1.95. The predicted octanol–water partition coefficient (Wildman–Crippen LogP) is 2.41. The maximum atomic E-state index is 11.0. The predicted molar refractivity (Wildman–Crippen MR) is 70.4 cm³/mol. The summed E-state index contributed by atoms with van der Waals surface area (Å²) in [5, 5.41) is 3.11. The van der Waals surface area contributed by atoms with E-state index < -0.39 is 0 Å². The van der Waals surface area contributed by atoms with Crippen LogP contribution in [0.15, 0.2) is 10.6 Å². The van der Waals surface area contributed by atoms with Crippen LogP contribution in [0.2, 0.25) is 5.15 Å². The van der Waals surface area contributed by atoms with Gasteiger partial charge in [0.05, 0.1) is 18.3 Å². The van der Waals surface area contributed by atoms with E-state index in [0.717, 1.165) is 12.2 Å². The molecule has 0 atom stereocenters. The number of aldehydes is 1. The monoisotopic (exact) mass is 280 g/mol. The molecule has 7 heteroatoms. The Morgan fingerprint density at radius 3 is 2.89 bits per heavy atom. The summed E-state index contributed by atoms with van der Waals surface area (Å²) in [7, 11) is 0. The zero-order valence-electron chi connectivity index (χ0n) is 10.6. The Labute approximate surface area is 115 Å². The molecule has 0 saturated heterocycles. The van der Waals surface area contributed by atoms with Crippen LogP contribution in [0.3, 0.4) is 0 Å². The molecule has 2 aromatic rings. The molecular weight excluding hydrogens is 268 g/mol. The number of hydrogen-bond acceptors (Lipinski definition) is 6. The topological polar surface area (TPSA) is 80.9 Å². The summed E-state index contributed by atoms with van der Waals surface area (Å²) >= 11 is 5.88. The first kappa shape index (κ1) is 13.5. The first-order valence-electron chi connectivity index (χ1n) is 5.80. The van der Waals surface area contributed by atoms with Crippen LogP contribution in [0.5, 0.6) is 0 Å². The molecule has 0 radical (unpaired) electrons. The second-order valence-electron chi connectivity index (χ2n) is 3.87. The van der Waals surface area contributed by atoms with Crippen LogP contribution in [-0.2, 0) is 13.0 Å². The lowest BCUT2D eigenvalue weighted by molar-refractivity contribution is 0.112. The smallest absolute Gasteiger partial charge is 0.213 e.